The first-order valence-electron chi connectivity index (χ1n) is 6.91. The van der Waals surface area contributed by atoms with E-state index in [0.717, 1.165) is 24.4 Å². The van der Waals surface area contributed by atoms with Crippen LogP contribution in [0.25, 0.3) is 0 Å². The fourth-order valence-electron chi connectivity index (χ4n) is 2.76. The van der Waals surface area contributed by atoms with Crippen LogP contribution >= 0.6 is 0 Å². The number of aromatic nitrogens is 3. The van der Waals surface area contributed by atoms with Crippen molar-refractivity contribution in [3.05, 3.63) is 41.7 Å². The molecule has 2 heterocycles. The summed E-state index contributed by atoms with van der Waals surface area (Å²) in [5, 5.41) is 8.15. The van der Waals surface area contributed by atoms with Gasteiger partial charge in [-0.15, -0.1) is 5.10 Å². The van der Waals surface area contributed by atoms with Gasteiger partial charge in [0.05, 0.1) is 24.5 Å². The largest absolute Gasteiger partial charge is 0.493 e. The number of aryl methyl sites for hydroxylation is 1. The number of hydrogen-bond acceptors (Lipinski definition) is 5. The summed E-state index contributed by atoms with van der Waals surface area (Å²) in [6.07, 6.45) is 2.78. The van der Waals surface area contributed by atoms with Gasteiger partial charge in [-0.05, 0) is 12.5 Å². The molecule has 0 radical (unpaired) electrons. The van der Waals surface area contributed by atoms with E-state index in [2.05, 4.69) is 28.7 Å². The van der Waals surface area contributed by atoms with Gasteiger partial charge in [0.1, 0.15) is 5.75 Å². The van der Waals surface area contributed by atoms with Crippen LogP contribution in [-0.2, 0) is 6.54 Å². The van der Waals surface area contributed by atoms with E-state index in [4.69, 9.17) is 10.6 Å². The van der Waals surface area contributed by atoms with Crippen LogP contribution in [0.2, 0.25) is 0 Å². The molecule has 106 valence electrons. The molecule has 6 heteroatoms. The zero-order valence-corrected chi connectivity index (χ0v) is 11.5. The van der Waals surface area contributed by atoms with Crippen LogP contribution in [0.1, 0.15) is 36.6 Å². The second-order valence-electron chi connectivity index (χ2n) is 4.98. The molecule has 0 saturated carbocycles. The minimum atomic E-state index is -0.0554. The quantitative estimate of drug-likeness (QED) is 0.635. The van der Waals surface area contributed by atoms with Crippen LogP contribution < -0.4 is 16.0 Å². The number of hydrogen-bond donors (Lipinski definition) is 2. The highest BCUT2D eigenvalue weighted by Crippen LogP contribution is 2.40. The summed E-state index contributed by atoms with van der Waals surface area (Å²) in [5.41, 5.74) is 5.09. The SMILES string of the molecule is CCCn1nncc1C(NN)C1COc2ccccc21. The predicted octanol–water partition coefficient (Wildman–Crippen LogP) is 1.37. The highest BCUT2D eigenvalue weighted by Gasteiger charge is 2.33. The number of nitrogens with one attached hydrogen (secondary N) is 1. The van der Waals surface area contributed by atoms with E-state index in [0.29, 0.717) is 6.61 Å². The third-order valence-corrected chi connectivity index (χ3v) is 3.72. The molecular formula is C14H19N5O. The lowest BCUT2D eigenvalue weighted by Gasteiger charge is -2.22. The molecule has 0 aliphatic carbocycles. The Kier molecular flexibility index (Phi) is 3.66. The molecule has 2 aromatic rings. The molecule has 0 saturated heterocycles. The second kappa shape index (κ2) is 5.60. The third-order valence-electron chi connectivity index (χ3n) is 3.72. The van der Waals surface area contributed by atoms with E-state index in [1.165, 1.54) is 5.56 Å². The van der Waals surface area contributed by atoms with Gasteiger partial charge < -0.3 is 4.74 Å². The maximum absolute atomic E-state index is 5.79. The number of nitrogens with zero attached hydrogens (tertiary/aromatic N) is 3. The fourth-order valence-corrected chi connectivity index (χ4v) is 2.76. The molecule has 0 amide bonds. The van der Waals surface area contributed by atoms with Crippen molar-refractivity contribution in [1.82, 2.24) is 20.4 Å². The van der Waals surface area contributed by atoms with Gasteiger partial charge in [0.2, 0.25) is 0 Å². The third kappa shape index (κ3) is 2.17. The summed E-state index contributed by atoms with van der Waals surface area (Å²) in [6, 6.07) is 8.03. The monoisotopic (exact) mass is 273 g/mol. The van der Waals surface area contributed by atoms with E-state index in [1.807, 2.05) is 22.9 Å². The van der Waals surface area contributed by atoms with Crippen LogP contribution in [0.15, 0.2) is 30.5 Å². The maximum Gasteiger partial charge on any atom is 0.122 e. The van der Waals surface area contributed by atoms with Gasteiger partial charge in [-0.3, -0.25) is 11.3 Å². The Morgan fingerprint density at radius 2 is 2.35 bits per heavy atom. The molecule has 1 aromatic carbocycles. The summed E-state index contributed by atoms with van der Waals surface area (Å²) in [5.74, 6) is 6.90. The molecule has 2 unspecified atom stereocenters. The number of ether oxygens (including phenoxy) is 1. The zero-order valence-electron chi connectivity index (χ0n) is 11.5. The average Bonchev–Trinajstić information content (AvgIpc) is 3.09. The van der Waals surface area contributed by atoms with Crippen molar-refractivity contribution in [3.63, 3.8) is 0 Å². The van der Waals surface area contributed by atoms with Crippen LogP contribution in [-0.4, -0.2) is 21.6 Å². The lowest BCUT2D eigenvalue weighted by atomic mass is 9.92. The number of benzene rings is 1. The molecule has 3 N–H and O–H groups in total. The van der Waals surface area contributed by atoms with Crippen molar-refractivity contribution in [2.45, 2.75) is 31.8 Å². The molecule has 2 atom stereocenters. The van der Waals surface area contributed by atoms with Gasteiger partial charge in [-0.2, -0.15) is 0 Å². The van der Waals surface area contributed by atoms with E-state index < -0.39 is 0 Å². The van der Waals surface area contributed by atoms with Crippen LogP contribution in [0.4, 0.5) is 0 Å². The second-order valence-corrected chi connectivity index (χ2v) is 4.98. The predicted molar refractivity (Wildman–Crippen MR) is 75.1 cm³/mol. The lowest BCUT2D eigenvalue weighted by molar-refractivity contribution is 0.294. The summed E-state index contributed by atoms with van der Waals surface area (Å²) in [7, 11) is 0. The molecule has 0 fully saturated rings. The summed E-state index contributed by atoms with van der Waals surface area (Å²) in [4.78, 5) is 0. The Morgan fingerprint density at radius 1 is 1.50 bits per heavy atom. The van der Waals surface area contributed by atoms with E-state index in [1.54, 1.807) is 6.20 Å². The summed E-state index contributed by atoms with van der Waals surface area (Å²) in [6.45, 7) is 3.57. The number of rotatable bonds is 5. The fraction of sp³-hybridized carbons (Fsp3) is 0.429. The normalized spacial score (nSPS) is 18.6. The van der Waals surface area contributed by atoms with Crippen LogP contribution in [0.5, 0.6) is 5.75 Å². The molecule has 0 spiro atoms. The van der Waals surface area contributed by atoms with Crippen LogP contribution in [0.3, 0.4) is 0 Å². The van der Waals surface area contributed by atoms with Crippen molar-refractivity contribution < 1.29 is 4.74 Å². The van der Waals surface area contributed by atoms with Crippen molar-refractivity contribution in [2.24, 2.45) is 5.84 Å². The first kappa shape index (κ1) is 13.1. The van der Waals surface area contributed by atoms with Crippen molar-refractivity contribution in [2.75, 3.05) is 6.61 Å². The summed E-state index contributed by atoms with van der Waals surface area (Å²) < 4.78 is 7.65. The molecule has 1 aliphatic heterocycles. The highest BCUT2D eigenvalue weighted by atomic mass is 16.5. The zero-order chi connectivity index (χ0) is 13.9. The molecule has 1 aliphatic rings. The van der Waals surface area contributed by atoms with Gasteiger partial charge in [0, 0.05) is 18.0 Å². The average molecular weight is 273 g/mol. The molecule has 3 rings (SSSR count). The Balaban J connectivity index is 1.93. The highest BCUT2D eigenvalue weighted by molar-refractivity contribution is 5.41. The minimum absolute atomic E-state index is 0.0554. The van der Waals surface area contributed by atoms with Crippen molar-refractivity contribution in [1.29, 1.82) is 0 Å². The standard InChI is InChI=1S/C14H19N5O/c1-2-7-19-12(8-16-18-19)14(17-15)11-9-20-13-6-4-3-5-10(11)13/h3-6,8,11,14,17H,2,7,9,15H2,1H3. The van der Waals surface area contributed by atoms with E-state index >= 15 is 0 Å². The number of hydrazine groups is 1. The Morgan fingerprint density at radius 3 is 3.15 bits per heavy atom. The van der Waals surface area contributed by atoms with Gasteiger partial charge in [-0.25, -0.2) is 4.68 Å². The number of fused-ring (bicyclic) bond motifs is 1. The van der Waals surface area contributed by atoms with Gasteiger partial charge in [0.15, 0.2) is 0 Å². The van der Waals surface area contributed by atoms with Crippen molar-refractivity contribution in [3.8, 4) is 5.75 Å². The van der Waals surface area contributed by atoms with Crippen LogP contribution in [0, 0.1) is 0 Å². The molecule has 20 heavy (non-hydrogen) atoms. The Hall–Kier alpha value is -1.92. The number of para-hydroxylation sites is 1. The van der Waals surface area contributed by atoms with Gasteiger partial charge >= 0.3 is 0 Å². The van der Waals surface area contributed by atoms with Gasteiger partial charge in [0.25, 0.3) is 0 Å². The smallest absolute Gasteiger partial charge is 0.122 e. The first-order valence-corrected chi connectivity index (χ1v) is 6.91. The Bertz CT molecular complexity index is 582. The van der Waals surface area contributed by atoms with Gasteiger partial charge in [-0.1, -0.05) is 30.3 Å². The van der Waals surface area contributed by atoms with E-state index in [-0.39, 0.29) is 12.0 Å². The molecule has 1 aromatic heterocycles. The molecular weight excluding hydrogens is 254 g/mol. The molecule has 0 bridgehead atoms. The lowest BCUT2D eigenvalue weighted by Crippen LogP contribution is -2.35. The first-order chi connectivity index (χ1) is 9.85. The maximum atomic E-state index is 5.79. The van der Waals surface area contributed by atoms with E-state index in [9.17, 15) is 0 Å². The Labute approximate surface area is 117 Å². The minimum Gasteiger partial charge on any atom is -0.493 e. The summed E-state index contributed by atoms with van der Waals surface area (Å²) >= 11 is 0. The number of nitrogens with two attached hydrogens (primary N) is 1. The molecule has 6 nitrogen and oxygen atoms in total. The van der Waals surface area contributed by atoms with Crippen molar-refractivity contribution >= 4 is 0 Å². The topological polar surface area (TPSA) is 78.0 Å².